The number of piperidine rings is 1. The third-order valence-corrected chi connectivity index (χ3v) is 2.68. The quantitative estimate of drug-likeness (QED) is 0.606. The predicted octanol–water partition coefficient (Wildman–Crippen LogP) is 0.818. The highest BCUT2D eigenvalue weighted by molar-refractivity contribution is 6.66. The molecule has 1 aliphatic heterocycles. The number of hydrogen-bond donors (Lipinski definition) is 1. The lowest BCUT2D eigenvalue weighted by Crippen LogP contribution is -2.46. The molecule has 1 amide bonds. The van der Waals surface area contributed by atoms with E-state index in [9.17, 15) is 9.59 Å². The fourth-order valence-electron chi connectivity index (χ4n) is 1.78. The minimum Gasteiger partial charge on any atom is -0.410 e. The average molecular weight is 232 g/mol. The van der Waals surface area contributed by atoms with Gasteiger partial charge in [-0.05, 0) is 5.56 Å². The largest absolute Gasteiger partial charge is 0.410 e. The van der Waals surface area contributed by atoms with Crippen LogP contribution >= 0.6 is 0 Å². The number of carbonyl (C=O) groups is 2. The van der Waals surface area contributed by atoms with Gasteiger partial charge in [-0.3, -0.25) is 9.59 Å². The normalized spacial score (nSPS) is 18.8. The monoisotopic (exact) mass is 232 g/mol. The summed E-state index contributed by atoms with van der Waals surface area (Å²) in [4.78, 5) is 24.6. The third-order valence-electron chi connectivity index (χ3n) is 2.68. The van der Waals surface area contributed by atoms with Crippen molar-refractivity contribution in [3.05, 3.63) is 35.9 Å². The number of carbonyl (C=O) groups excluding carboxylic acids is 2. The van der Waals surface area contributed by atoms with Gasteiger partial charge in [0.05, 0.1) is 0 Å². The summed E-state index contributed by atoms with van der Waals surface area (Å²) in [5, 5.41) is 11.4. The second-order valence-electron chi connectivity index (χ2n) is 3.83. The summed E-state index contributed by atoms with van der Waals surface area (Å²) in [6.07, 6.45) is 0.206. The van der Waals surface area contributed by atoms with Crippen molar-refractivity contribution in [2.45, 2.75) is 13.0 Å². The highest BCUT2D eigenvalue weighted by Crippen LogP contribution is 2.11. The Morgan fingerprint density at radius 2 is 1.94 bits per heavy atom. The summed E-state index contributed by atoms with van der Waals surface area (Å²) < 4.78 is 0. The molecule has 2 rings (SSSR count). The summed E-state index contributed by atoms with van der Waals surface area (Å²) in [6.45, 7) is 0.789. The topological polar surface area (TPSA) is 70.0 Å². The van der Waals surface area contributed by atoms with E-state index in [1.165, 1.54) is 4.90 Å². The zero-order valence-electron chi connectivity index (χ0n) is 9.17. The van der Waals surface area contributed by atoms with Gasteiger partial charge in [-0.15, -0.1) is 0 Å². The number of hydrogen-bond acceptors (Lipinski definition) is 4. The van der Waals surface area contributed by atoms with E-state index in [-0.39, 0.29) is 12.1 Å². The van der Waals surface area contributed by atoms with Gasteiger partial charge in [0.2, 0.25) is 5.71 Å². The van der Waals surface area contributed by atoms with Crippen LogP contribution in [0.1, 0.15) is 12.0 Å². The fourth-order valence-corrected chi connectivity index (χ4v) is 1.78. The molecule has 0 unspecified atom stereocenters. The number of likely N-dealkylation sites (tertiary alicyclic amines) is 1. The lowest BCUT2D eigenvalue weighted by atomic mass is 10.1. The van der Waals surface area contributed by atoms with Crippen LogP contribution in [0.3, 0.4) is 0 Å². The Labute approximate surface area is 98.3 Å². The van der Waals surface area contributed by atoms with E-state index >= 15 is 0 Å². The predicted molar refractivity (Wildman–Crippen MR) is 60.7 cm³/mol. The number of amides is 1. The number of nitrogens with zero attached hydrogens (tertiary/aromatic N) is 2. The molecule has 88 valence electrons. The van der Waals surface area contributed by atoms with Crippen LogP contribution in [0.25, 0.3) is 0 Å². The summed E-state index contributed by atoms with van der Waals surface area (Å²) >= 11 is 0. The molecule has 1 aromatic carbocycles. The molecule has 1 fully saturated rings. The molecular formula is C12H12N2O3. The van der Waals surface area contributed by atoms with E-state index in [2.05, 4.69) is 5.16 Å². The van der Waals surface area contributed by atoms with Crippen molar-refractivity contribution in [1.29, 1.82) is 0 Å². The van der Waals surface area contributed by atoms with Gasteiger partial charge in [0.25, 0.3) is 5.91 Å². The van der Waals surface area contributed by atoms with Crippen molar-refractivity contribution in [2.24, 2.45) is 5.16 Å². The van der Waals surface area contributed by atoms with Crippen LogP contribution in [0.5, 0.6) is 0 Å². The fraction of sp³-hybridized carbons (Fsp3) is 0.250. The molecule has 0 aliphatic carbocycles. The molecular weight excluding hydrogens is 220 g/mol. The van der Waals surface area contributed by atoms with Crippen LogP contribution in [0.15, 0.2) is 35.5 Å². The van der Waals surface area contributed by atoms with Crippen LogP contribution < -0.4 is 0 Å². The molecule has 0 radical (unpaired) electrons. The molecule has 0 atom stereocenters. The van der Waals surface area contributed by atoms with Gasteiger partial charge in [-0.25, -0.2) is 0 Å². The lowest BCUT2D eigenvalue weighted by Gasteiger charge is -2.26. The van der Waals surface area contributed by atoms with Gasteiger partial charge in [0, 0.05) is 19.5 Å². The van der Waals surface area contributed by atoms with Gasteiger partial charge in [0.15, 0.2) is 5.78 Å². The van der Waals surface area contributed by atoms with E-state index in [0.29, 0.717) is 13.1 Å². The zero-order valence-corrected chi connectivity index (χ0v) is 9.17. The van der Waals surface area contributed by atoms with Gasteiger partial charge in [-0.1, -0.05) is 35.5 Å². The van der Waals surface area contributed by atoms with Crippen molar-refractivity contribution in [2.75, 3.05) is 6.54 Å². The number of Topliss-reactive ketones (excluding diaryl/α,β-unsaturated/α-hetero) is 1. The highest BCUT2D eigenvalue weighted by Gasteiger charge is 2.31. The lowest BCUT2D eigenvalue weighted by molar-refractivity contribution is -0.129. The summed E-state index contributed by atoms with van der Waals surface area (Å²) in [6, 6.07) is 9.47. The number of ketones is 1. The maximum Gasteiger partial charge on any atom is 0.279 e. The Bertz CT molecular complexity index is 468. The average Bonchev–Trinajstić information content (AvgIpc) is 2.35. The van der Waals surface area contributed by atoms with Gasteiger partial charge < -0.3 is 10.1 Å². The molecule has 1 heterocycles. The molecule has 1 saturated heterocycles. The van der Waals surface area contributed by atoms with Crippen LogP contribution in [0.2, 0.25) is 0 Å². The number of rotatable bonds is 2. The SMILES string of the molecule is O=C1CCN(Cc2ccccc2)C(=O)C1=NO. The summed E-state index contributed by atoms with van der Waals surface area (Å²) in [5.74, 6) is -0.908. The minimum atomic E-state index is -0.507. The molecule has 0 spiro atoms. The summed E-state index contributed by atoms with van der Waals surface area (Å²) in [5.41, 5.74) is 0.611. The Balaban J connectivity index is 2.13. The van der Waals surface area contributed by atoms with Crippen molar-refractivity contribution >= 4 is 17.4 Å². The molecule has 1 N–H and O–H groups in total. The smallest absolute Gasteiger partial charge is 0.279 e. The minimum absolute atomic E-state index is 0.206. The number of oxime groups is 1. The Hall–Kier alpha value is -2.17. The van der Waals surface area contributed by atoms with Crippen molar-refractivity contribution < 1.29 is 14.8 Å². The molecule has 5 heteroatoms. The molecule has 0 aromatic heterocycles. The number of benzene rings is 1. The van der Waals surface area contributed by atoms with Crippen LogP contribution in [0.4, 0.5) is 0 Å². The molecule has 1 aromatic rings. The Morgan fingerprint density at radius 3 is 2.59 bits per heavy atom. The van der Waals surface area contributed by atoms with Gasteiger partial charge in [-0.2, -0.15) is 0 Å². The van der Waals surface area contributed by atoms with Crippen LogP contribution in [0, 0.1) is 0 Å². The van der Waals surface area contributed by atoms with Crippen molar-refractivity contribution in [3.8, 4) is 0 Å². The first-order valence-electron chi connectivity index (χ1n) is 5.31. The van der Waals surface area contributed by atoms with Crippen molar-refractivity contribution in [3.63, 3.8) is 0 Å². The Kier molecular flexibility index (Phi) is 3.18. The van der Waals surface area contributed by atoms with Crippen molar-refractivity contribution in [1.82, 2.24) is 4.90 Å². The molecule has 17 heavy (non-hydrogen) atoms. The third kappa shape index (κ3) is 2.33. The standard InChI is InChI=1S/C12H12N2O3/c15-10-6-7-14(12(16)11(10)13-17)8-9-4-2-1-3-5-9/h1-5,17H,6-8H2. The van der Waals surface area contributed by atoms with E-state index in [1.54, 1.807) is 0 Å². The first-order chi connectivity index (χ1) is 8.22. The maximum atomic E-state index is 11.8. The second-order valence-corrected chi connectivity index (χ2v) is 3.83. The molecule has 5 nitrogen and oxygen atoms in total. The Morgan fingerprint density at radius 1 is 1.24 bits per heavy atom. The van der Waals surface area contributed by atoms with E-state index in [1.807, 2.05) is 30.3 Å². The van der Waals surface area contributed by atoms with E-state index in [0.717, 1.165) is 5.56 Å². The second kappa shape index (κ2) is 4.78. The molecule has 0 bridgehead atoms. The first kappa shape index (κ1) is 11.3. The van der Waals surface area contributed by atoms with Gasteiger partial charge in [0.1, 0.15) is 0 Å². The zero-order chi connectivity index (χ0) is 12.3. The summed E-state index contributed by atoms with van der Waals surface area (Å²) in [7, 11) is 0. The molecule has 0 saturated carbocycles. The molecule has 1 aliphatic rings. The van der Waals surface area contributed by atoms with Crippen LogP contribution in [-0.4, -0.2) is 34.1 Å². The maximum absolute atomic E-state index is 11.8. The van der Waals surface area contributed by atoms with E-state index < -0.39 is 11.7 Å². The van der Waals surface area contributed by atoms with Crippen LogP contribution in [-0.2, 0) is 16.1 Å². The van der Waals surface area contributed by atoms with E-state index in [4.69, 9.17) is 5.21 Å². The first-order valence-corrected chi connectivity index (χ1v) is 5.31. The highest BCUT2D eigenvalue weighted by atomic mass is 16.4. The van der Waals surface area contributed by atoms with Gasteiger partial charge >= 0.3 is 0 Å².